The second-order valence-corrected chi connectivity index (χ2v) is 6.93. The summed E-state index contributed by atoms with van der Waals surface area (Å²) in [5.41, 5.74) is 8.01. The van der Waals surface area contributed by atoms with E-state index in [0.29, 0.717) is 0 Å². The van der Waals surface area contributed by atoms with Crippen LogP contribution in [0.1, 0.15) is 41.0 Å². The topological polar surface area (TPSA) is 81.1 Å². The Kier molecular flexibility index (Phi) is 5.85. The van der Waals surface area contributed by atoms with E-state index in [1.165, 1.54) is 16.0 Å². The van der Waals surface area contributed by atoms with Crippen molar-refractivity contribution in [3.63, 3.8) is 0 Å². The maximum atomic E-state index is 11.1. The highest BCUT2D eigenvalue weighted by Crippen LogP contribution is 2.25. The van der Waals surface area contributed by atoms with Crippen molar-refractivity contribution in [3.8, 4) is 0 Å². The van der Waals surface area contributed by atoms with Gasteiger partial charge in [-0.05, 0) is 50.5 Å². The van der Waals surface area contributed by atoms with Crippen molar-refractivity contribution in [2.75, 3.05) is 5.75 Å². The van der Waals surface area contributed by atoms with Crippen LogP contribution in [0.2, 0.25) is 0 Å². The fourth-order valence-electron chi connectivity index (χ4n) is 2.39. The van der Waals surface area contributed by atoms with Gasteiger partial charge < -0.3 is 15.4 Å². The first kappa shape index (κ1) is 17.6. The van der Waals surface area contributed by atoms with Crippen molar-refractivity contribution in [1.82, 2.24) is 9.55 Å². The van der Waals surface area contributed by atoms with E-state index in [0.717, 1.165) is 12.2 Å². The van der Waals surface area contributed by atoms with Crippen LogP contribution >= 0.6 is 11.8 Å². The van der Waals surface area contributed by atoms with Gasteiger partial charge in [0.1, 0.15) is 5.69 Å². The van der Waals surface area contributed by atoms with Crippen LogP contribution in [-0.4, -0.2) is 32.4 Å². The molecule has 23 heavy (non-hydrogen) atoms. The normalized spacial score (nSPS) is 13.7. The first-order valence-corrected chi connectivity index (χ1v) is 8.58. The molecule has 0 spiro atoms. The van der Waals surface area contributed by atoms with E-state index in [4.69, 9.17) is 5.73 Å². The zero-order valence-electron chi connectivity index (χ0n) is 13.7. The Morgan fingerprint density at radius 2 is 2.13 bits per heavy atom. The zero-order valence-corrected chi connectivity index (χ0v) is 14.5. The van der Waals surface area contributed by atoms with Crippen LogP contribution < -0.4 is 5.73 Å². The van der Waals surface area contributed by atoms with Crippen LogP contribution in [0.3, 0.4) is 0 Å². The van der Waals surface area contributed by atoms with Gasteiger partial charge in [-0.2, -0.15) is 0 Å². The first-order chi connectivity index (χ1) is 10.9. The molecule has 1 amide bonds. The smallest absolute Gasteiger partial charge is 0.268 e. The molecule has 1 heterocycles. The van der Waals surface area contributed by atoms with E-state index in [1.54, 1.807) is 35.8 Å². The highest BCUT2D eigenvalue weighted by molar-refractivity contribution is 7.99. The lowest BCUT2D eigenvalue weighted by atomic mass is 10.1. The van der Waals surface area contributed by atoms with Crippen molar-refractivity contribution < 1.29 is 9.90 Å². The third-order valence-corrected chi connectivity index (χ3v) is 4.98. The molecule has 2 aromatic rings. The van der Waals surface area contributed by atoms with Crippen LogP contribution in [0, 0.1) is 13.8 Å². The molecule has 3 N–H and O–H groups in total. The van der Waals surface area contributed by atoms with Gasteiger partial charge in [0, 0.05) is 16.8 Å². The van der Waals surface area contributed by atoms with Crippen LogP contribution in [0.4, 0.5) is 0 Å². The minimum Gasteiger partial charge on any atom is -0.391 e. The Balaban J connectivity index is 1.99. The van der Waals surface area contributed by atoms with Gasteiger partial charge in [-0.15, -0.1) is 11.8 Å². The number of primary amides is 1. The molecule has 1 aromatic heterocycles. The minimum absolute atomic E-state index is 0.130. The largest absolute Gasteiger partial charge is 0.391 e. The van der Waals surface area contributed by atoms with E-state index in [1.807, 2.05) is 0 Å². The fraction of sp³-hybridized carbons (Fsp3) is 0.412. The van der Waals surface area contributed by atoms with Crippen molar-refractivity contribution in [3.05, 3.63) is 47.5 Å². The number of hydrogen-bond acceptors (Lipinski definition) is 4. The van der Waals surface area contributed by atoms with Gasteiger partial charge in [-0.1, -0.05) is 6.07 Å². The summed E-state index contributed by atoms with van der Waals surface area (Å²) in [4.78, 5) is 16.3. The second kappa shape index (κ2) is 7.66. The molecule has 2 rings (SSSR count). The van der Waals surface area contributed by atoms with Gasteiger partial charge in [0.25, 0.3) is 5.91 Å². The third kappa shape index (κ3) is 4.59. The summed E-state index contributed by atoms with van der Waals surface area (Å²) in [5, 5.41) is 10.0. The molecule has 0 saturated carbocycles. The Morgan fingerprint density at radius 3 is 2.70 bits per heavy atom. The van der Waals surface area contributed by atoms with E-state index in [9.17, 15) is 9.90 Å². The maximum Gasteiger partial charge on any atom is 0.268 e. The van der Waals surface area contributed by atoms with Gasteiger partial charge in [0.05, 0.1) is 18.5 Å². The zero-order chi connectivity index (χ0) is 17.0. The number of amides is 1. The molecule has 0 aliphatic heterocycles. The van der Waals surface area contributed by atoms with E-state index < -0.39 is 12.0 Å². The Morgan fingerprint density at radius 1 is 1.39 bits per heavy atom. The second-order valence-electron chi connectivity index (χ2n) is 5.76. The molecule has 2 atom stereocenters. The van der Waals surface area contributed by atoms with Crippen LogP contribution in [-0.2, 0) is 0 Å². The minimum atomic E-state index is -0.558. The van der Waals surface area contributed by atoms with E-state index >= 15 is 0 Å². The monoisotopic (exact) mass is 333 g/mol. The molecule has 0 aliphatic carbocycles. The SMILES string of the molecule is Cc1ccc(SCCC(C(C)O)n2cnc(C(N)=O)c2)cc1C. The molecule has 0 saturated heterocycles. The number of thioether (sulfide) groups is 1. The van der Waals surface area contributed by atoms with Crippen molar-refractivity contribution in [2.45, 2.75) is 44.2 Å². The molecule has 6 heteroatoms. The number of benzene rings is 1. The summed E-state index contributed by atoms with van der Waals surface area (Å²) in [6, 6.07) is 6.29. The number of aliphatic hydroxyl groups excluding tert-OH is 1. The van der Waals surface area contributed by atoms with Gasteiger partial charge in [-0.25, -0.2) is 4.98 Å². The molecule has 2 unspecified atom stereocenters. The number of carbonyl (C=O) groups is 1. The molecule has 0 aliphatic rings. The number of aliphatic hydroxyl groups is 1. The molecule has 0 bridgehead atoms. The number of rotatable bonds is 7. The lowest BCUT2D eigenvalue weighted by Gasteiger charge is -2.21. The standard InChI is InChI=1S/C17H23N3O2S/c1-11-4-5-14(8-12(11)2)23-7-6-16(13(3)21)20-9-15(17(18)22)19-10-20/h4-5,8-10,13,16,21H,6-7H2,1-3H3,(H2,18,22). The van der Waals surface area contributed by atoms with Crippen molar-refractivity contribution >= 4 is 17.7 Å². The number of aryl methyl sites for hydroxylation is 2. The number of aromatic nitrogens is 2. The third-order valence-electron chi connectivity index (χ3n) is 3.95. The summed E-state index contributed by atoms with van der Waals surface area (Å²) in [6.07, 6.45) is 3.38. The van der Waals surface area contributed by atoms with Gasteiger partial charge in [0.15, 0.2) is 0 Å². The lowest BCUT2D eigenvalue weighted by molar-refractivity contribution is 0.0994. The Bertz CT molecular complexity index is 682. The molecule has 5 nitrogen and oxygen atoms in total. The van der Waals surface area contributed by atoms with Crippen LogP contribution in [0.15, 0.2) is 35.6 Å². The van der Waals surface area contributed by atoms with Crippen molar-refractivity contribution in [2.24, 2.45) is 5.73 Å². The predicted molar refractivity (Wildman–Crippen MR) is 92.7 cm³/mol. The summed E-state index contributed by atoms with van der Waals surface area (Å²) in [5.74, 6) is 0.305. The number of carbonyl (C=O) groups excluding carboxylic acids is 1. The van der Waals surface area contributed by atoms with Crippen LogP contribution in [0.5, 0.6) is 0 Å². The van der Waals surface area contributed by atoms with Gasteiger partial charge in [0.2, 0.25) is 0 Å². The van der Waals surface area contributed by atoms with Gasteiger partial charge in [-0.3, -0.25) is 4.79 Å². The van der Waals surface area contributed by atoms with Crippen LogP contribution in [0.25, 0.3) is 0 Å². The molecule has 1 aromatic carbocycles. The number of imidazole rings is 1. The number of nitrogens with zero attached hydrogens (tertiary/aromatic N) is 2. The highest BCUT2D eigenvalue weighted by Gasteiger charge is 2.18. The molecule has 0 radical (unpaired) electrons. The summed E-state index contributed by atoms with van der Waals surface area (Å²) < 4.78 is 1.77. The Labute approximate surface area is 140 Å². The van der Waals surface area contributed by atoms with Gasteiger partial charge >= 0.3 is 0 Å². The molecular weight excluding hydrogens is 310 g/mol. The Hall–Kier alpha value is -1.79. The summed E-state index contributed by atoms with van der Waals surface area (Å²) >= 11 is 1.76. The first-order valence-electron chi connectivity index (χ1n) is 7.60. The average Bonchev–Trinajstić information content (AvgIpc) is 2.96. The lowest BCUT2D eigenvalue weighted by Crippen LogP contribution is -2.21. The average molecular weight is 333 g/mol. The molecule has 124 valence electrons. The van der Waals surface area contributed by atoms with E-state index in [2.05, 4.69) is 37.0 Å². The highest BCUT2D eigenvalue weighted by atomic mass is 32.2. The quantitative estimate of drug-likeness (QED) is 0.763. The summed E-state index contributed by atoms with van der Waals surface area (Å²) in [6.45, 7) is 5.95. The molecule has 0 fully saturated rings. The number of nitrogens with two attached hydrogens (primary N) is 1. The van der Waals surface area contributed by atoms with Crippen molar-refractivity contribution in [1.29, 1.82) is 0 Å². The fourth-order valence-corrected chi connectivity index (χ4v) is 3.41. The predicted octanol–water partition coefficient (Wildman–Crippen LogP) is 2.70. The number of hydrogen-bond donors (Lipinski definition) is 2. The summed E-state index contributed by atoms with van der Waals surface area (Å²) in [7, 11) is 0. The maximum absolute atomic E-state index is 11.1. The van der Waals surface area contributed by atoms with E-state index in [-0.39, 0.29) is 11.7 Å². The molecular formula is C17H23N3O2S.